The number of halogens is 1. The van der Waals surface area contributed by atoms with E-state index in [1.54, 1.807) is 13.2 Å². The molecule has 1 aromatic heterocycles. The van der Waals surface area contributed by atoms with Crippen LogP contribution in [0.2, 0.25) is 5.02 Å². The number of para-hydroxylation sites is 1. The van der Waals surface area contributed by atoms with Crippen LogP contribution in [0.1, 0.15) is 5.56 Å². The Kier molecular flexibility index (Phi) is 10.0. The maximum absolute atomic E-state index is 12.1. The first kappa shape index (κ1) is 28.1. The van der Waals surface area contributed by atoms with Crippen molar-refractivity contribution in [3.05, 3.63) is 71.9 Å². The number of ether oxygens (including phenoxy) is 1. The lowest BCUT2D eigenvalue weighted by molar-refractivity contribution is -0.111. The van der Waals surface area contributed by atoms with Gasteiger partial charge in [0.15, 0.2) is 5.82 Å². The molecule has 0 aliphatic carbocycles. The van der Waals surface area contributed by atoms with Gasteiger partial charge in [-0.05, 0) is 57.0 Å². The van der Waals surface area contributed by atoms with E-state index in [0.29, 0.717) is 33.9 Å². The molecule has 0 bridgehead atoms. The van der Waals surface area contributed by atoms with Gasteiger partial charge in [0.05, 0.1) is 24.7 Å². The molecule has 0 spiro atoms. The number of benzene rings is 2. The SMILES string of the molecule is C=CC(=O)Nc1cc(Nc2ncc(Cl)c(Nc3ccccc3P(C)C)n2)c(OC)cc1/C=C/CN(C)C. The van der Waals surface area contributed by atoms with Crippen LogP contribution in [-0.2, 0) is 4.79 Å². The second kappa shape index (κ2) is 13.2. The minimum absolute atomic E-state index is 0.315. The van der Waals surface area contributed by atoms with Crippen LogP contribution >= 0.6 is 19.5 Å². The van der Waals surface area contributed by atoms with Crippen LogP contribution in [0.25, 0.3) is 6.08 Å². The molecule has 0 saturated carbocycles. The average Bonchev–Trinajstić information content (AvgIpc) is 2.87. The zero-order chi connectivity index (χ0) is 26.9. The zero-order valence-corrected chi connectivity index (χ0v) is 23.3. The summed E-state index contributed by atoms with van der Waals surface area (Å²) < 4.78 is 5.63. The smallest absolute Gasteiger partial charge is 0.247 e. The van der Waals surface area contributed by atoms with Gasteiger partial charge in [-0.3, -0.25) is 4.79 Å². The van der Waals surface area contributed by atoms with Gasteiger partial charge in [0, 0.05) is 17.8 Å². The molecule has 0 aliphatic rings. The molecule has 0 unspecified atom stereocenters. The van der Waals surface area contributed by atoms with Crippen molar-refractivity contribution in [2.75, 3.05) is 57.0 Å². The summed E-state index contributed by atoms with van der Waals surface area (Å²) in [5.74, 6) is 1.03. The standard InChI is InChI=1S/C27H32ClN6O2P/c1-7-25(35)30-21-16-22(23(36-4)15-18(21)11-10-14-34(2)3)32-27-29-17-19(28)26(33-27)31-20-12-8-9-13-24(20)37(5)6/h7-13,15-17H,1,14H2,2-6H3,(H,30,35)(H2,29,31,32,33)/b11-10+. The molecule has 3 rings (SSSR count). The molecular weight excluding hydrogens is 507 g/mol. The van der Waals surface area contributed by atoms with Crippen LogP contribution in [-0.4, -0.2) is 61.9 Å². The van der Waals surface area contributed by atoms with Crippen molar-refractivity contribution in [3.8, 4) is 5.75 Å². The van der Waals surface area contributed by atoms with Gasteiger partial charge in [-0.1, -0.05) is 56.5 Å². The van der Waals surface area contributed by atoms with Crippen LogP contribution in [0.4, 0.5) is 28.8 Å². The number of likely N-dealkylation sites (N-methyl/N-ethyl adjacent to an activating group) is 1. The van der Waals surface area contributed by atoms with E-state index >= 15 is 0 Å². The second-order valence-corrected chi connectivity index (χ2v) is 11.2. The van der Waals surface area contributed by atoms with Gasteiger partial charge in [0.25, 0.3) is 0 Å². The van der Waals surface area contributed by atoms with E-state index in [4.69, 9.17) is 16.3 Å². The van der Waals surface area contributed by atoms with E-state index in [1.165, 1.54) is 17.6 Å². The van der Waals surface area contributed by atoms with Crippen LogP contribution in [0.15, 0.2) is 61.3 Å². The molecule has 0 radical (unpaired) electrons. The summed E-state index contributed by atoms with van der Waals surface area (Å²) in [6.07, 6.45) is 6.69. The minimum atomic E-state index is -0.331. The third-order valence-corrected chi connectivity index (χ3v) is 6.84. The maximum Gasteiger partial charge on any atom is 0.247 e. The van der Waals surface area contributed by atoms with Crippen LogP contribution in [0.3, 0.4) is 0 Å². The van der Waals surface area contributed by atoms with Crippen LogP contribution in [0.5, 0.6) is 5.75 Å². The molecule has 0 atom stereocenters. The van der Waals surface area contributed by atoms with E-state index < -0.39 is 0 Å². The van der Waals surface area contributed by atoms with Crippen molar-refractivity contribution in [1.29, 1.82) is 0 Å². The topological polar surface area (TPSA) is 91.4 Å². The van der Waals surface area contributed by atoms with Crippen molar-refractivity contribution in [1.82, 2.24) is 14.9 Å². The fourth-order valence-electron chi connectivity index (χ4n) is 3.41. The van der Waals surface area contributed by atoms with Gasteiger partial charge in [0.1, 0.15) is 10.8 Å². The molecule has 37 heavy (non-hydrogen) atoms. The number of carbonyl (C=O) groups is 1. The number of nitrogens with one attached hydrogen (secondary N) is 3. The third-order valence-electron chi connectivity index (χ3n) is 5.21. The highest BCUT2D eigenvalue weighted by Crippen LogP contribution is 2.35. The normalized spacial score (nSPS) is 11.1. The Hall–Kier alpha value is -3.45. The lowest BCUT2D eigenvalue weighted by Gasteiger charge is -2.17. The quantitative estimate of drug-likeness (QED) is 0.213. The van der Waals surface area contributed by atoms with E-state index in [1.807, 2.05) is 55.4 Å². The number of nitrogens with zero attached hydrogens (tertiary/aromatic N) is 3. The lowest BCUT2D eigenvalue weighted by atomic mass is 10.1. The van der Waals surface area contributed by atoms with Gasteiger partial charge < -0.3 is 25.6 Å². The number of anilines is 5. The summed E-state index contributed by atoms with van der Waals surface area (Å²) in [7, 11) is 5.21. The molecule has 10 heteroatoms. The van der Waals surface area contributed by atoms with Crippen molar-refractivity contribution in [2.24, 2.45) is 0 Å². The fourth-order valence-corrected chi connectivity index (χ4v) is 4.55. The van der Waals surface area contributed by atoms with E-state index in [-0.39, 0.29) is 13.8 Å². The second-order valence-electron chi connectivity index (χ2n) is 8.55. The third kappa shape index (κ3) is 7.76. The maximum atomic E-state index is 12.1. The van der Waals surface area contributed by atoms with Crippen molar-refractivity contribution < 1.29 is 9.53 Å². The molecule has 0 saturated heterocycles. The Labute approximate surface area is 224 Å². The number of carbonyl (C=O) groups excluding carboxylic acids is 1. The molecule has 1 heterocycles. The highest BCUT2D eigenvalue weighted by atomic mass is 35.5. The van der Waals surface area contributed by atoms with E-state index in [2.05, 4.69) is 51.9 Å². The van der Waals surface area contributed by atoms with Gasteiger partial charge in [-0.2, -0.15) is 4.98 Å². The molecule has 8 nitrogen and oxygen atoms in total. The molecule has 3 N–H and O–H groups in total. The number of rotatable bonds is 11. The Bertz CT molecular complexity index is 1300. The number of methoxy groups -OCH3 is 1. The van der Waals surface area contributed by atoms with Gasteiger partial charge in [0.2, 0.25) is 11.9 Å². The number of hydrogen-bond donors (Lipinski definition) is 3. The monoisotopic (exact) mass is 538 g/mol. The first-order valence-corrected chi connectivity index (χ1v) is 14.1. The van der Waals surface area contributed by atoms with Crippen molar-refractivity contribution >= 4 is 65.6 Å². The van der Waals surface area contributed by atoms with Crippen molar-refractivity contribution in [2.45, 2.75) is 0 Å². The largest absolute Gasteiger partial charge is 0.495 e. The summed E-state index contributed by atoms with van der Waals surface area (Å²) >= 11 is 6.43. The highest BCUT2D eigenvalue weighted by molar-refractivity contribution is 7.64. The number of hydrogen-bond acceptors (Lipinski definition) is 7. The molecule has 2 aromatic carbocycles. The molecular formula is C27H32ClN6O2P. The Morgan fingerprint density at radius 1 is 1.16 bits per heavy atom. The number of aromatic nitrogens is 2. The fraction of sp³-hybridized carbons (Fsp3) is 0.222. The molecule has 194 valence electrons. The minimum Gasteiger partial charge on any atom is -0.495 e. The Morgan fingerprint density at radius 3 is 2.59 bits per heavy atom. The zero-order valence-electron chi connectivity index (χ0n) is 21.7. The summed E-state index contributed by atoms with van der Waals surface area (Å²) in [6.45, 7) is 8.68. The van der Waals surface area contributed by atoms with Gasteiger partial charge in [-0.15, -0.1) is 0 Å². The molecule has 0 fully saturated rings. The Balaban J connectivity index is 1.96. The predicted octanol–water partition coefficient (Wildman–Crippen LogP) is 5.69. The average molecular weight is 539 g/mol. The summed E-state index contributed by atoms with van der Waals surface area (Å²) in [4.78, 5) is 23.1. The molecule has 0 aliphatic heterocycles. The van der Waals surface area contributed by atoms with Gasteiger partial charge in [-0.25, -0.2) is 4.98 Å². The first-order valence-electron chi connectivity index (χ1n) is 11.5. The molecule has 1 amide bonds. The highest BCUT2D eigenvalue weighted by Gasteiger charge is 2.14. The Morgan fingerprint density at radius 2 is 1.92 bits per heavy atom. The van der Waals surface area contributed by atoms with Crippen LogP contribution < -0.4 is 26.0 Å². The summed E-state index contributed by atoms with van der Waals surface area (Å²) in [6, 6.07) is 11.7. The summed E-state index contributed by atoms with van der Waals surface area (Å²) in [5.41, 5.74) is 2.90. The van der Waals surface area contributed by atoms with Crippen LogP contribution in [0, 0.1) is 0 Å². The van der Waals surface area contributed by atoms with E-state index in [9.17, 15) is 4.79 Å². The first-order chi connectivity index (χ1) is 17.7. The van der Waals surface area contributed by atoms with Crippen molar-refractivity contribution in [3.63, 3.8) is 0 Å². The predicted molar refractivity (Wildman–Crippen MR) is 158 cm³/mol. The summed E-state index contributed by atoms with van der Waals surface area (Å²) in [5, 5.41) is 11.0. The molecule has 3 aromatic rings. The van der Waals surface area contributed by atoms with Gasteiger partial charge >= 0.3 is 0 Å². The van der Waals surface area contributed by atoms with E-state index in [0.717, 1.165) is 17.8 Å². The number of amides is 1. The lowest BCUT2D eigenvalue weighted by Crippen LogP contribution is -2.11.